The highest BCUT2D eigenvalue weighted by Gasteiger charge is 2.07. The summed E-state index contributed by atoms with van der Waals surface area (Å²) in [5.74, 6) is -0.0567. The molecule has 3 N–H and O–H groups in total. The Labute approximate surface area is 123 Å². The number of anilines is 2. The van der Waals surface area contributed by atoms with Crippen LogP contribution >= 0.6 is 0 Å². The lowest BCUT2D eigenvalue weighted by molar-refractivity contribution is -0.116. The average Bonchev–Trinajstić information content (AvgIpc) is 2.84. The van der Waals surface area contributed by atoms with Crippen LogP contribution < -0.4 is 11.1 Å². The Balaban J connectivity index is 1.77. The molecule has 0 spiro atoms. The fourth-order valence-electron chi connectivity index (χ4n) is 2.35. The second-order valence-corrected chi connectivity index (χ2v) is 5.18. The van der Waals surface area contributed by atoms with Crippen molar-refractivity contribution in [2.75, 3.05) is 11.1 Å². The summed E-state index contributed by atoms with van der Waals surface area (Å²) in [6.07, 6.45) is 1.94. The zero-order valence-corrected chi connectivity index (χ0v) is 11.8. The van der Waals surface area contributed by atoms with Gasteiger partial charge in [-0.3, -0.25) is 4.79 Å². The maximum absolute atomic E-state index is 12.1. The molecule has 3 aromatic rings. The fraction of sp³-hybridized carbons (Fsp3) is 0.118. The predicted molar refractivity (Wildman–Crippen MR) is 86.2 cm³/mol. The van der Waals surface area contributed by atoms with E-state index in [4.69, 9.17) is 5.73 Å². The van der Waals surface area contributed by atoms with E-state index in [0.717, 1.165) is 16.6 Å². The number of hydrogen-bond donors (Lipinski definition) is 2. The average molecular weight is 279 g/mol. The Kier molecular flexibility index (Phi) is 3.36. The Hall–Kier alpha value is -2.75. The molecule has 0 saturated carbocycles. The standard InChI is InChI=1S/C17H17N3O/c1-12-2-3-13-8-9-20(16(13)10-12)11-17(21)19-15-6-4-14(18)5-7-15/h2-10H,11,18H2,1H3,(H,19,21). The highest BCUT2D eigenvalue weighted by molar-refractivity contribution is 5.92. The largest absolute Gasteiger partial charge is 0.399 e. The van der Waals surface area contributed by atoms with Gasteiger partial charge in [0.05, 0.1) is 0 Å². The third kappa shape index (κ3) is 2.89. The number of nitrogens with one attached hydrogen (secondary N) is 1. The van der Waals surface area contributed by atoms with Gasteiger partial charge in [0, 0.05) is 23.1 Å². The quantitative estimate of drug-likeness (QED) is 0.723. The number of hydrogen-bond acceptors (Lipinski definition) is 2. The van der Waals surface area contributed by atoms with Crippen LogP contribution in [0.1, 0.15) is 5.56 Å². The lowest BCUT2D eigenvalue weighted by Crippen LogP contribution is -2.18. The van der Waals surface area contributed by atoms with Crippen LogP contribution in [0.15, 0.2) is 54.7 Å². The number of benzene rings is 2. The van der Waals surface area contributed by atoms with E-state index in [1.165, 1.54) is 5.56 Å². The molecule has 1 amide bonds. The van der Waals surface area contributed by atoms with Crippen molar-refractivity contribution in [3.8, 4) is 0 Å². The zero-order valence-electron chi connectivity index (χ0n) is 11.8. The predicted octanol–water partition coefficient (Wildman–Crippen LogP) is 3.17. The molecule has 1 aromatic heterocycles. The molecule has 3 rings (SSSR count). The van der Waals surface area contributed by atoms with E-state index >= 15 is 0 Å². The molecule has 0 aliphatic heterocycles. The summed E-state index contributed by atoms with van der Waals surface area (Å²) >= 11 is 0. The van der Waals surface area contributed by atoms with Crippen LogP contribution in [0.3, 0.4) is 0 Å². The highest BCUT2D eigenvalue weighted by atomic mass is 16.1. The van der Waals surface area contributed by atoms with Crippen molar-refractivity contribution in [1.82, 2.24) is 4.57 Å². The summed E-state index contributed by atoms with van der Waals surface area (Å²) in [5.41, 5.74) is 9.31. The molecule has 4 heteroatoms. The number of rotatable bonds is 3. The Morgan fingerprint density at radius 3 is 2.67 bits per heavy atom. The molecule has 0 saturated heterocycles. The molecule has 1 heterocycles. The van der Waals surface area contributed by atoms with Crippen molar-refractivity contribution in [2.24, 2.45) is 0 Å². The Morgan fingerprint density at radius 2 is 1.90 bits per heavy atom. The van der Waals surface area contributed by atoms with Crippen LogP contribution in [0.25, 0.3) is 10.9 Å². The first-order chi connectivity index (χ1) is 10.1. The van der Waals surface area contributed by atoms with Crippen molar-refractivity contribution in [1.29, 1.82) is 0 Å². The SMILES string of the molecule is Cc1ccc2ccn(CC(=O)Nc3ccc(N)cc3)c2c1. The summed E-state index contributed by atoms with van der Waals surface area (Å²) in [6.45, 7) is 2.34. The first kappa shape index (κ1) is 13.2. The van der Waals surface area contributed by atoms with E-state index < -0.39 is 0 Å². The fourth-order valence-corrected chi connectivity index (χ4v) is 2.35. The maximum Gasteiger partial charge on any atom is 0.244 e. The summed E-state index contributed by atoms with van der Waals surface area (Å²) < 4.78 is 1.95. The lowest BCUT2D eigenvalue weighted by atomic mass is 10.2. The van der Waals surface area contributed by atoms with Gasteiger partial charge in [0.2, 0.25) is 5.91 Å². The van der Waals surface area contributed by atoms with E-state index in [1.54, 1.807) is 24.3 Å². The number of nitrogen functional groups attached to an aromatic ring is 1. The molecule has 0 bridgehead atoms. The van der Waals surface area contributed by atoms with Gasteiger partial charge in [-0.15, -0.1) is 0 Å². The van der Waals surface area contributed by atoms with Crippen LogP contribution in [0.5, 0.6) is 0 Å². The summed E-state index contributed by atoms with van der Waals surface area (Å²) in [4.78, 5) is 12.1. The van der Waals surface area contributed by atoms with Crippen molar-refractivity contribution in [2.45, 2.75) is 13.5 Å². The second-order valence-electron chi connectivity index (χ2n) is 5.18. The van der Waals surface area contributed by atoms with Crippen LogP contribution in [-0.2, 0) is 11.3 Å². The molecule has 0 aliphatic rings. The van der Waals surface area contributed by atoms with E-state index in [9.17, 15) is 4.79 Å². The topological polar surface area (TPSA) is 60.0 Å². The van der Waals surface area contributed by atoms with Crippen molar-refractivity contribution in [3.05, 3.63) is 60.3 Å². The normalized spacial score (nSPS) is 10.7. The number of aromatic nitrogens is 1. The number of nitrogens with two attached hydrogens (primary N) is 1. The molecule has 0 aliphatic carbocycles. The summed E-state index contributed by atoms with van der Waals surface area (Å²) in [6, 6.07) is 15.4. The van der Waals surface area contributed by atoms with Crippen molar-refractivity contribution < 1.29 is 4.79 Å². The number of nitrogens with zero attached hydrogens (tertiary/aromatic N) is 1. The number of fused-ring (bicyclic) bond motifs is 1. The van der Waals surface area contributed by atoms with E-state index in [2.05, 4.69) is 23.5 Å². The highest BCUT2D eigenvalue weighted by Crippen LogP contribution is 2.17. The van der Waals surface area contributed by atoms with Gasteiger partial charge in [-0.25, -0.2) is 0 Å². The molecule has 0 unspecified atom stereocenters. The molecule has 2 aromatic carbocycles. The second kappa shape index (κ2) is 5.32. The molecule has 0 radical (unpaired) electrons. The van der Waals surface area contributed by atoms with Gasteiger partial charge in [-0.2, -0.15) is 0 Å². The molecular formula is C17H17N3O. The maximum atomic E-state index is 12.1. The van der Waals surface area contributed by atoms with Crippen LogP contribution in [-0.4, -0.2) is 10.5 Å². The van der Waals surface area contributed by atoms with Crippen LogP contribution in [0.2, 0.25) is 0 Å². The zero-order chi connectivity index (χ0) is 14.8. The molecule has 106 valence electrons. The number of aryl methyl sites for hydroxylation is 1. The van der Waals surface area contributed by atoms with Gasteiger partial charge in [-0.05, 0) is 54.3 Å². The minimum absolute atomic E-state index is 0.0567. The Morgan fingerprint density at radius 1 is 1.14 bits per heavy atom. The van der Waals surface area contributed by atoms with E-state index in [0.29, 0.717) is 5.69 Å². The van der Waals surface area contributed by atoms with Crippen molar-refractivity contribution >= 4 is 28.2 Å². The van der Waals surface area contributed by atoms with Gasteiger partial charge in [-0.1, -0.05) is 12.1 Å². The third-order valence-corrected chi connectivity index (χ3v) is 3.44. The molecule has 21 heavy (non-hydrogen) atoms. The first-order valence-electron chi connectivity index (χ1n) is 6.83. The van der Waals surface area contributed by atoms with Gasteiger partial charge in [0.1, 0.15) is 6.54 Å². The molecular weight excluding hydrogens is 262 g/mol. The van der Waals surface area contributed by atoms with Gasteiger partial charge < -0.3 is 15.6 Å². The van der Waals surface area contributed by atoms with Crippen molar-refractivity contribution in [3.63, 3.8) is 0 Å². The molecule has 0 fully saturated rings. The van der Waals surface area contributed by atoms with Gasteiger partial charge in [0.15, 0.2) is 0 Å². The van der Waals surface area contributed by atoms with Gasteiger partial charge in [0.25, 0.3) is 0 Å². The first-order valence-corrected chi connectivity index (χ1v) is 6.83. The number of carbonyl (C=O) groups is 1. The summed E-state index contributed by atoms with van der Waals surface area (Å²) in [5, 5.41) is 4.01. The minimum Gasteiger partial charge on any atom is -0.399 e. The smallest absolute Gasteiger partial charge is 0.244 e. The molecule has 0 atom stereocenters. The monoisotopic (exact) mass is 279 g/mol. The number of carbonyl (C=O) groups excluding carboxylic acids is 1. The third-order valence-electron chi connectivity index (χ3n) is 3.44. The Bertz CT molecular complexity index is 787. The van der Waals surface area contributed by atoms with Gasteiger partial charge >= 0.3 is 0 Å². The van der Waals surface area contributed by atoms with E-state index in [-0.39, 0.29) is 12.5 Å². The van der Waals surface area contributed by atoms with Crippen LogP contribution in [0.4, 0.5) is 11.4 Å². The summed E-state index contributed by atoms with van der Waals surface area (Å²) in [7, 11) is 0. The number of amides is 1. The lowest BCUT2D eigenvalue weighted by Gasteiger charge is -2.08. The molecule has 4 nitrogen and oxygen atoms in total. The van der Waals surface area contributed by atoms with E-state index in [1.807, 2.05) is 23.8 Å². The van der Waals surface area contributed by atoms with Crippen LogP contribution in [0, 0.1) is 6.92 Å². The minimum atomic E-state index is -0.0567.